The fraction of sp³-hybridized carbons (Fsp3) is 0.292. The molecule has 1 atom stereocenters. The van der Waals surface area contributed by atoms with Crippen LogP contribution in [-0.2, 0) is 6.42 Å². The van der Waals surface area contributed by atoms with E-state index in [1.165, 1.54) is 0 Å². The van der Waals surface area contributed by atoms with Gasteiger partial charge in [0, 0.05) is 29.8 Å². The Labute approximate surface area is 179 Å². The SMILES string of the molecule is Cc1ccccc1-c1noc(C[C@H]2CCCN(C(=O)c3cc4ccccc4s3)C2)n1. The van der Waals surface area contributed by atoms with Gasteiger partial charge in [-0.05, 0) is 48.8 Å². The molecule has 1 aliphatic rings. The lowest BCUT2D eigenvalue weighted by atomic mass is 9.94. The number of piperidine rings is 1. The Morgan fingerprint density at radius 2 is 2.03 bits per heavy atom. The average molecular weight is 418 g/mol. The molecule has 0 bridgehead atoms. The molecule has 0 spiro atoms. The highest BCUT2D eigenvalue weighted by atomic mass is 32.1. The topological polar surface area (TPSA) is 59.2 Å². The summed E-state index contributed by atoms with van der Waals surface area (Å²) in [6.07, 6.45) is 2.77. The number of hydrogen-bond acceptors (Lipinski definition) is 5. The summed E-state index contributed by atoms with van der Waals surface area (Å²) < 4.78 is 6.69. The zero-order valence-corrected chi connectivity index (χ0v) is 17.7. The first-order valence-corrected chi connectivity index (χ1v) is 11.2. The number of likely N-dealkylation sites (tertiary alicyclic amines) is 1. The maximum atomic E-state index is 13.1. The van der Waals surface area contributed by atoms with E-state index in [0.717, 1.165) is 52.0 Å². The number of nitrogens with zero attached hydrogens (tertiary/aromatic N) is 3. The molecule has 4 aromatic rings. The molecule has 0 saturated carbocycles. The van der Waals surface area contributed by atoms with E-state index < -0.39 is 0 Å². The Hall–Kier alpha value is -2.99. The van der Waals surface area contributed by atoms with E-state index in [4.69, 9.17) is 4.52 Å². The first kappa shape index (κ1) is 19.0. The van der Waals surface area contributed by atoms with E-state index in [0.29, 0.717) is 24.1 Å². The number of benzene rings is 2. The lowest BCUT2D eigenvalue weighted by Crippen LogP contribution is -2.40. The van der Waals surface area contributed by atoms with Gasteiger partial charge in [-0.25, -0.2) is 0 Å². The smallest absolute Gasteiger partial charge is 0.263 e. The van der Waals surface area contributed by atoms with Gasteiger partial charge in [-0.2, -0.15) is 4.98 Å². The number of carbonyl (C=O) groups is 1. The van der Waals surface area contributed by atoms with Gasteiger partial charge in [0.15, 0.2) is 0 Å². The Bertz CT molecular complexity index is 1160. The zero-order chi connectivity index (χ0) is 20.5. The van der Waals surface area contributed by atoms with E-state index in [9.17, 15) is 4.79 Å². The molecule has 2 aromatic heterocycles. The zero-order valence-electron chi connectivity index (χ0n) is 16.9. The van der Waals surface area contributed by atoms with Crippen LogP contribution in [0.5, 0.6) is 0 Å². The molecule has 0 unspecified atom stereocenters. The van der Waals surface area contributed by atoms with E-state index in [-0.39, 0.29) is 5.91 Å². The van der Waals surface area contributed by atoms with Crippen LogP contribution in [0.2, 0.25) is 0 Å². The number of hydrogen-bond donors (Lipinski definition) is 0. The van der Waals surface area contributed by atoms with Crippen molar-refractivity contribution in [2.75, 3.05) is 13.1 Å². The van der Waals surface area contributed by atoms with Crippen LogP contribution in [0, 0.1) is 12.8 Å². The van der Waals surface area contributed by atoms with Gasteiger partial charge < -0.3 is 9.42 Å². The molecule has 1 fully saturated rings. The van der Waals surface area contributed by atoms with Gasteiger partial charge in [-0.1, -0.05) is 47.6 Å². The summed E-state index contributed by atoms with van der Waals surface area (Å²) in [4.78, 5) is 20.5. The molecular weight excluding hydrogens is 394 g/mol. The van der Waals surface area contributed by atoms with Crippen LogP contribution >= 0.6 is 11.3 Å². The number of rotatable bonds is 4. The summed E-state index contributed by atoms with van der Waals surface area (Å²) in [5.41, 5.74) is 2.13. The largest absolute Gasteiger partial charge is 0.339 e. The lowest BCUT2D eigenvalue weighted by Gasteiger charge is -2.31. The molecule has 5 rings (SSSR count). The van der Waals surface area contributed by atoms with Crippen LogP contribution in [0.3, 0.4) is 0 Å². The Balaban J connectivity index is 1.28. The Morgan fingerprint density at radius 3 is 2.90 bits per heavy atom. The summed E-state index contributed by atoms with van der Waals surface area (Å²) in [5, 5.41) is 5.31. The standard InChI is InChI=1S/C24H23N3O2S/c1-16-7-2-4-10-19(16)23-25-22(29-26-23)13-17-8-6-12-27(15-17)24(28)21-14-18-9-3-5-11-20(18)30-21/h2-5,7,9-11,14,17H,6,8,12-13,15H2,1H3/t17-/m1/s1. The third-order valence-electron chi connectivity index (χ3n) is 5.76. The van der Waals surface area contributed by atoms with Crippen LogP contribution < -0.4 is 0 Å². The first-order valence-electron chi connectivity index (χ1n) is 10.3. The molecular formula is C24H23N3O2S. The van der Waals surface area contributed by atoms with Gasteiger partial charge in [0.25, 0.3) is 5.91 Å². The number of carbonyl (C=O) groups excluding carboxylic acids is 1. The molecule has 5 nitrogen and oxygen atoms in total. The van der Waals surface area contributed by atoms with Crippen LogP contribution in [0.25, 0.3) is 21.5 Å². The fourth-order valence-corrected chi connectivity index (χ4v) is 5.21. The molecule has 6 heteroatoms. The molecule has 0 aliphatic carbocycles. The maximum Gasteiger partial charge on any atom is 0.263 e. The monoisotopic (exact) mass is 417 g/mol. The quantitative estimate of drug-likeness (QED) is 0.449. The Kier molecular flexibility index (Phi) is 5.09. The summed E-state index contributed by atoms with van der Waals surface area (Å²) in [6.45, 7) is 3.58. The molecule has 0 N–H and O–H groups in total. The van der Waals surface area contributed by atoms with Gasteiger partial charge in [-0.15, -0.1) is 11.3 Å². The van der Waals surface area contributed by atoms with Crippen LogP contribution in [0.15, 0.2) is 59.1 Å². The first-order chi connectivity index (χ1) is 14.7. The molecule has 1 aliphatic heterocycles. The molecule has 0 radical (unpaired) electrons. The minimum atomic E-state index is 0.132. The van der Waals surface area contributed by atoms with Gasteiger partial charge >= 0.3 is 0 Å². The summed E-state index contributed by atoms with van der Waals surface area (Å²) in [5.74, 6) is 1.75. The van der Waals surface area contributed by atoms with Crippen LogP contribution in [0.4, 0.5) is 0 Å². The second-order valence-corrected chi connectivity index (χ2v) is 9.02. The third kappa shape index (κ3) is 3.75. The third-order valence-corrected chi connectivity index (χ3v) is 6.86. The fourth-order valence-electron chi connectivity index (χ4n) is 4.18. The van der Waals surface area contributed by atoms with Crippen molar-refractivity contribution in [1.29, 1.82) is 0 Å². The van der Waals surface area contributed by atoms with Crippen LogP contribution in [0.1, 0.15) is 34.0 Å². The van der Waals surface area contributed by atoms with Crippen LogP contribution in [-0.4, -0.2) is 34.0 Å². The number of thiophene rings is 1. The van der Waals surface area contributed by atoms with Crippen molar-refractivity contribution >= 4 is 27.3 Å². The molecule has 152 valence electrons. The van der Waals surface area contributed by atoms with Crippen molar-refractivity contribution in [1.82, 2.24) is 15.0 Å². The molecule has 1 saturated heterocycles. The predicted molar refractivity (Wildman–Crippen MR) is 119 cm³/mol. The maximum absolute atomic E-state index is 13.1. The van der Waals surface area contributed by atoms with Crippen molar-refractivity contribution in [2.45, 2.75) is 26.2 Å². The second-order valence-electron chi connectivity index (χ2n) is 7.94. The minimum absolute atomic E-state index is 0.132. The normalized spacial score (nSPS) is 16.8. The molecule has 2 aromatic carbocycles. The Morgan fingerprint density at radius 1 is 1.20 bits per heavy atom. The summed E-state index contributed by atoms with van der Waals surface area (Å²) in [7, 11) is 0. The number of aryl methyl sites for hydroxylation is 1. The second kappa shape index (κ2) is 8.03. The van der Waals surface area contributed by atoms with Gasteiger partial charge in [0.2, 0.25) is 11.7 Å². The van der Waals surface area contributed by atoms with Crippen molar-refractivity contribution < 1.29 is 9.32 Å². The highest BCUT2D eigenvalue weighted by Crippen LogP contribution is 2.29. The predicted octanol–water partition coefficient (Wildman–Crippen LogP) is 5.35. The molecule has 3 heterocycles. The lowest BCUT2D eigenvalue weighted by molar-refractivity contribution is 0.0673. The van der Waals surface area contributed by atoms with Crippen molar-refractivity contribution in [3.8, 4) is 11.4 Å². The minimum Gasteiger partial charge on any atom is -0.339 e. The van der Waals surface area contributed by atoms with Crippen molar-refractivity contribution in [3.63, 3.8) is 0 Å². The summed E-state index contributed by atoms with van der Waals surface area (Å²) in [6, 6.07) is 18.2. The average Bonchev–Trinajstić information content (AvgIpc) is 3.41. The van der Waals surface area contributed by atoms with Gasteiger partial charge in [-0.3, -0.25) is 4.79 Å². The van der Waals surface area contributed by atoms with E-state index >= 15 is 0 Å². The van der Waals surface area contributed by atoms with E-state index in [1.807, 2.05) is 54.3 Å². The number of amides is 1. The molecule has 30 heavy (non-hydrogen) atoms. The van der Waals surface area contributed by atoms with E-state index in [1.54, 1.807) is 11.3 Å². The number of aromatic nitrogens is 2. The summed E-state index contributed by atoms with van der Waals surface area (Å²) >= 11 is 1.57. The number of fused-ring (bicyclic) bond motifs is 1. The molecule has 1 amide bonds. The van der Waals surface area contributed by atoms with Gasteiger partial charge in [0.05, 0.1) is 4.88 Å². The van der Waals surface area contributed by atoms with Crippen molar-refractivity contribution in [2.24, 2.45) is 5.92 Å². The van der Waals surface area contributed by atoms with Gasteiger partial charge in [0.1, 0.15) is 0 Å². The highest BCUT2D eigenvalue weighted by molar-refractivity contribution is 7.20. The highest BCUT2D eigenvalue weighted by Gasteiger charge is 2.27. The van der Waals surface area contributed by atoms with E-state index in [2.05, 4.69) is 22.3 Å². The van der Waals surface area contributed by atoms with Crippen molar-refractivity contribution in [3.05, 3.63) is 70.9 Å².